The summed E-state index contributed by atoms with van der Waals surface area (Å²) in [6.07, 6.45) is 1.79. The number of imide groups is 1. The highest BCUT2D eigenvalue weighted by atomic mass is 16.6. The Balaban J connectivity index is 1.76. The Labute approximate surface area is 166 Å². The van der Waals surface area contributed by atoms with Crippen molar-refractivity contribution < 1.29 is 14.3 Å². The smallest absolute Gasteiger partial charge is 0.416 e. The van der Waals surface area contributed by atoms with E-state index in [-0.39, 0.29) is 12.0 Å². The van der Waals surface area contributed by atoms with E-state index in [1.165, 1.54) is 16.0 Å². The molecule has 0 aliphatic carbocycles. The van der Waals surface area contributed by atoms with Gasteiger partial charge in [0.1, 0.15) is 0 Å². The zero-order valence-electron chi connectivity index (χ0n) is 16.4. The highest BCUT2D eigenvalue weighted by molar-refractivity contribution is 5.80. The van der Waals surface area contributed by atoms with Gasteiger partial charge in [-0.1, -0.05) is 60.7 Å². The Morgan fingerprint density at radius 1 is 1.07 bits per heavy atom. The summed E-state index contributed by atoms with van der Waals surface area (Å²) in [5.41, 5.74) is 2.23. The first-order valence-corrected chi connectivity index (χ1v) is 9.87. The minimum Gasteiger partial charge on any atom is -0.449 e. The van der Waals surface area contributed by atoms with Crippen molar-refractivity contribution in [3.8, 4) is 0 Å². The van der Waals surface area contributed by atoms with Crippen LogP contribution < -0.4 is 0 Å². The molecule has 0 aromatic heterocycles. The minimum atomic E-state index is -0.570. The van der Waals surface area contributed by atoms with Gasteiger partial charge in [0.15, 0.2) is 0 Å². The van der Waals surface area contributed by atoms with Crippen LogP contribution in [0.3, 0.4) is 0 Å². The van der Waals surface area contributed by atoms with E-state index in [9.17, 15) is 9.59 Å². The highest BCUT2D eigenvalue weighted by Gasteiger charge is 2.39. The molecule has 0 bridgehead atoms. The van der Waals surface area contributed by atoms with Crippen LogP contribution in [0.1, 0.15) is 30.9 Å². The average molecular weight is 380 g/mol. The van der Waals surface area contributed by atoms with Crippen LogP contribution in [0.2, 0.25) is 0 Å². The van der Waals surface area contributed by atoms with Gasteiger partial charge in [0, 0.05) is 18.5 Å². The second-order valence-corrected chi connectivity index (χ2v) is 7.34. The van der Waals surface area contributed by atoms with Crippen molar-refractivity contribution in [3.05, 3.63) is 71.8 Å². The molecule has 1 saturated heterocycles. The number of piperidine rings is 1. The summed E-state index contributed by atoms with van der Waals surface area (Å²) in [4.78, 5) is 27.4. The Hall–Kier alpha value is -2.66. The molecule has 0 unspecified atom stereocenters. The van der Waals surface area contributed by atoms with Gasteiger partial charge < -0.3 is 4.74 Å². The van der Waals surface area contributed by atoms with E-state index < -0.39 is 6.09 Å². The molecular weight excluding hydrogens is 352 g/mol. The predicted octanol–water partition coefficient (Wildman–Crippen LogP) is 3.84. The molecule has 0 saturated carbocycles. The zero-order chi connectivity index (χ0) is 19.8. The van der Waals surface area contributed by atoms with Gasteiger partial charge in [0.25, 0.3) is 0 Å². The Bertz CT molecular complexity index is 756. The van der Waals surface area contributed by atoms with Crippen molar-refractivity contribution in [3.63, 3.8) is 0 Å². The molecule has 5 heteroatoms. The van der Waals surface area contributed by atoms with E-state index in [1.807, 2.05) is 24.3 Å². The lowest BCUT2D eigenvalue weighted by Gasteiger charge is -2.43. The van der Waals surface area contributed by atoms with E-state index >= 15 is 0 Å². The molecule has 1 fully saturated rings. The lowest BCUT2D eigenvalue weighted by Crippen LogP contribution is -2.50. The SMILES string of the molecule is CCOC(=O)N(C=O)CC1(c2ccccc2)CCN(Cc2ccccc2)CC1. The summed E-state index contributed by atoms with van der Waals surface area (Å²) in [7, 11) is 0. The van der Waals surface area contributed by atoms with Crippen molar-refractivity contribution >= 4 is 12.5 Å². The van der Waals surface area contributed by atoms with Crippen LogP contribution in [0.5, 0.6) is 0 Å². The Kier molecular flexibility index (Phi) is 6.82. The van der Waals surface area contributed by atoms with Gasteiger partial charge >= 0.3 is 6.09 Å². The van der Waals surface area contributed by atoms with Crippen molar-refractivity contribution in [1.29, 1.82) is 0 Å². The number of benzene rings is 2. The second kappa shape index (κ2) is 9.51. The van der Waals surface area contributed by atoms with E-state index in [4.69, 9.17) is 4.74 Å². The number of carbonyl (C=O) groups excluding carboxylic acids is 2. The zero-order valence-corrected chi connectivity index (χ0v) is 16.4. The summed E-state index contributed by atoms with van der Waals surface area (Å²) in [6.45, 7) is 5.10. The van der Waals surface area contributed by atoms with Crippen LogP contribution in [-0.2, 0) is 21.5 Å². The number of hydrogen-bond donors (Lipinski definition) is 0. The fourth-order valence-corrected chi connectivity index (χ4v) is 3.99. The highest BCUT2D eigenvalue weighted by Crippen LogP contribution is 2.36. The van der Waals surface area contributed by atoms with Crippen molar-refractivity contribution in [2.75, 3.05) is 26.2 Å². The molecule has 2 amide bonds. The first-order chi connectivity index (χ1) is 13.7. The molecule has 148 valence electrons. The quantitative estimate of drug-likeness (QED) is 0.685. The van der Waals surface area contributed by atoms with Gasteiger partial charge in [-0.25, -0.2) is 9.69 Å². The molecule has 28 heavy (non-hydrogen) atoms. The third-order valence-electron chi connectivity index (χ3n) is 5.55. The molecule has 1 aliphatic rings. The molecule has 0 N–H and O–H groups in total. The number of amides is 2. The van der Waals surface area contributed by atoms with Gasteiger partial charge in [-0.2, -0.15) is 0 Å². The molecule has 1 aliphatic heterocycles. The van der Waals surface area contributed by atoms with Gasteiger partial charge in [0.2, 0.25) is 6.41 Å². The third-order valence-corrected chi connectivity index (χ3v) is 5.55. The molecule has 0 radical (unpaired) electrons. The van der Waals surface area contributed by atoms with E-state index in [0.717, 1.165) is 32.5 Å². The van der Waals surface area contributed by atoms with Crippen molar-refractivity contribution in [2.24, 2.45) is 0 Å². The van der Waals surface area contributed by atoms with Crippen molar-refractivity contribution in [2.45, 2.75) is 31.7 Å². The number of nitrogens with zero attached hydrogens (tertiary/aromatic N) is 2. The molecule has 0 atom stereocenters. The van der Waals surface area contributed by atoms with Gasteiger partial charge in [0.05, 0.1) is 6.61 Å². The average Bonchev–Trinajstić information content (AvgIpc) is 2.75. The topological polar surface area (TPSA) is 49.9 Å². The minimum absolute atomic E-state index is 0.248. The van der Waals surface area contributed by atoms with Crippen LogP contribution in [0.4, 0.5) is 4.79 Å². The molecule has 2 aromatic rings. The number of rotatable bonds is 7. The fourth-order valence-electron chi connectivity index (χ4n) is 3.99. The lowest BCUT2D eigenvalue weighted by atomic mass is 9.72. The van der Waals surface area contributed by atoms with E-state index in [2.05, 4.69) is 41.3 Å². The van der Waals surface area contributed by atoms with Gasteiger partial charge in [-0.15, -0.1) is 0 Å². The summed E-state index contributed by atoms with van der Waals surface area (Å²) < 4.78 is 5.06. The second-order valence-electron chi connectivity index (χ2n) is 7.34. The Morgan fingerprint density at radius 3 is 2.25 bits per heavy atom. The number of likely N-dealkylation sites (tertiary alicyclic amines) is 1. The maximum absolute atomic E-state index is 12.2. The predicted molar refractivity (Wildman–Crippen MR) is 109 cm³/mol. The van der Waals surface area contributed by atoms with Crippen LogP contribution >= 0.6 is 0 Å². The number of hydrogen-bond acceptors (Lipinski definition) is 4. The van der Waals surface area contributed by atoms with E-state index in [1.54, 1.807) is 6.92 Å². The molecule has 2 aromatic carbocycles. The molecular formula is C23H28N2O3. The molecule has 5 nitrogen and oxygen atoms in total. The summed E-state index contributed by atoms with van der Waals surface area (Å²) in [6, 6.07) is 20.7. The van der Waals surface area contributed by atoms with Crippen LogP contribution in [0.15, 0.2) is 60.7 Å². The first-order valence-electron chi connectivity index (χ1n) is 9.87. The fraction of sp³-hybridized carbons (Fsp3) is 0.391. The maximum Gasteiger partial charge on any atom is 0.416 e. The van der Waals surface area contributed by atoms with Crippen LogP contribution in [0.25, 0.3) is 0 Å². The van der Waals surface area contributed by atoms with Crippen molar-refractivity contribution in [1.82, 2.24) is 9.80 Å². The molecule has 3 rings (SSSR count). The third kappa shape index (κ3) is 4.78. The summed E-state index contributed by atoms with van der Waals surface area (Å²) in [5.74, 6) is 0. The van der Waals surface area contributed by atoms with Crippen LogP contribution in [0, 0.1) is 0 Å². The van der Waals surface area contributed by atoms with Crippen LogP contribution in [-0.4, -0.2) is 48.5 Å². The summed E-state index contributed by atoms with van der Waals surface area (Å²) >= 11 is 0. The van der Waals surface area contributed by atoms with Gasteiger partial charge in [-0.05, 0) is 44.0 Å². The Morgan fingerprint density at radius 2 is 1.68 bits per heavy atom. The van der Waals surface area contributed by atoms with E-state index in [0.29, 0.717) is 13.0 Å². The normalized spacial score (nSPS) is 16.3. The monoisotopic (exact) mass is 380 g/mol. The van der Waals surface area contributed by atoms with Gasteiger partial charge in [-0.3, -0.25) is 9.69 Å². The standard InChI is InChI=1S/C23H28N2O3/c1-2-28-22(27)25(19-26)18-23(21-11-7-4-8-12-21)13-15-24(16-14-23)17-20-9-5-3-6-10-20/h3-12,19H,2,13-18H2,1H3. The summed E-state index contributed by atoms with van der Waals surface area (Å²) in [5, 5.41) is 0. The molecule has 1 heterocycles. The number of ether oxygens (including phenoxy) is 1. The molecule has 0 spiro atoms. The first kappa shape index (κ1) is 20.1. The number of carbonyl (C=O) groups is 2. The largest absolute Gasteiger partial charge is 0.449 e. The maximum atomic E-state index is 12.2. The lowest BCUT2D eigenvalue weighted by molar-refractivity contribution is -0.117.